The molecule has 0 radical (unpaired) electrons. The summed E-state index contributed by atoms with van der Waals surface area (Å²) in [7, 11) is -1.36. The Labute approximate surface area is 285 Å². The summed E-state index contributed by atoms with van der Waals surface area (Å²) in [6.07, 6.45) is 5.13. The summed E-state index contributed by atoms with van der Waals surface area (Å²) in [6, 6.07) is 10.6. The molecule has 2 rings (SSSR count). The van der Waals surface area contributed by atoms with Gasteiger partial charge in [-0.25, -0.2) is 0 Å². The van der Waals surface area contributed by atoms with Crippen molar-refractivity contribution in [3.63, 3.8) is 0 Å². The molecule has 0 saturated carbocycles. The zero-order chi connectivity index (χ0) is 21.7. The van der Waals surface area contributed by atoms with Crippen LogP contribution >= 0.6 is 46.4 Å². The second-order valence-electron chi connectivity index (χ2n) is 6.03. The average molecular weight is 554 g/mol. The Bertz CT molecular complexity index is 868. The topological polar surface area (TPSA) is 49.4 Å². The van der Waals surface area contributed by atoms with Gasteiger partial charge in [0, 0.05) is 0 Å². The van der Waals surface area contributed by atoms with E-state index in [-0.39, 0.29) is 111 Å². The van der Waals surface area contributed by atoms with Crippen molar-refractivity contribution in [3.05, 3.63) is 67.6 Å². The van der Waals surface area contributed by atoms with Crippen molar-refractivity contribution in [2.24, 2.45) is 0 Å². The Balaban J connectivity index is -0.000000190. The molecule has 30 heavy (non-hydrogen) atoms. The Morgan fingerprint density at radius 1 is 0.933 bits per heavy atom. The van der Waals surface area contributed by atoms with Crippen molar-refractivity contribution in [2.75, 3.05) is 0 Å². The second kappa shape index (κ2) is 20.1. The molecule has 3 nitrogen and oxygen atoms in total. The smallest absolute Gasteiger partial charge is 1.00 e. The van der Waals surface area contributed by atoms with Crippen LogP contribution in [-0.4, -0.2) is 14.5 Å². The normalized spacial score (nSPS) is 8.63. The molecule has 0 aliphatic heterocycles. The average Bonchev–Trinajstić information content (AvgIpc) is 2.61. The molecule has 0 atom stereocenters. The number of terminal acetylenes is 1. The molecule has 0 bridgehead atoms. The first kappa shape index (κ1) is 36.2. The maximum absolute atomic E-state index is 8.64. The fourth-order valence-electron chi connectivity index (χ4n) is 1.50. The second-order valence-corrected chi connectivity index (χ2v) is 12.4. The van der Waals surface area contributed by atoms with Gasteiger partial charge >= 0.3 is 103 Å². The maximum Gasteiger partial charge on any atom is 1.00 e. The fraction of sp³-hybridized carbons (Fsp3) is 0.150. The summed E-state index contributed by atoms with van der Waals surface area (Å²) in [6.45, 7) is 6.38. The molecule has 2 aromatic carbocycles. The van der Waals surface area contributed by atoms with E-state index in [2.05, 4.69) is 41.9 Å². The van der Waals surface area contributed by atoms with Crippen LogP contribution in [0.15, 0.2) is 36.4 Å². The van der Waals surface area contributed by atoms with E-state index in [4.69, 9.17) is 62.9 Å². The number of halogens is 4. The van der Waals surface area contributed by atoms with Gasteiger partial charge in [-0.3, -0.25) is 4.79 Å². The van der Waals surface area contributed by atoms with Crippen molar-refractivity contribution in [2.45, 2.75) is 19.6 Å². The van der Waals surface area contributed by atoms with E-state index >= 15 is 0 Å². The van der Waals surface area contributed by atoms with Gasteiger partial charge in [0.1, 0.15) is 8.07 Å². The number of rotatable bonds is 1. The summed E-state index contributed by atoms with van der Waals surface area (Å²) < 4.78 is 0. The van der Waals surface area contributed by atoms with Crippen LogP contribution in [-0.2, 0) is 9.68 Å². The zero-order valence-corrected chi connectivity index (χ0v) is 27.6. The van der Waals surface area contributed by atoms with E-state index < -0.39 is 8.07 Å². The van der Waals surface area contributed by atoms with Gasteiger partial charge in [-0.2, -0.15) is 0 Å². The molecule has 2 aromatic rings. The SMILES string of the molecule is C#Cc1c(Cl)cccc1Cl.C[Si](C)(C)C#Cc1c(Cl)cccc1Cl.O=CO[O-].[H-].[K+].[K+]. The van der Waals surface area contributed by atoms with Crippen LogP contribution in [0.4, 0.5) is 0 Å². The molecule has 0 unspecified atom stereocenters. The number of hydrogen-bond donors (Lipinski definition) is 0. The molecule has 0 aliphatic carbocycles. The molecule has 0 saturated heterocycles. The Hall–Kier alpha value is 1.64. The summed E-state index contributed by atoms with van der Waals surface area (Å²) in [5.41, 5.74) is 4.55. The monoisotopic (exact) mass is 552 g/mol. The van der Waals surface area contributed by atoms with Crippen LogP contribution in [0.1, 0.15) is 12.6 Å². The van der Waals surface area contributed by atoms with Crippen molar-refractivity contribution >= 4 is 60.9 Å². The summed E-state index contributed by atoms with van der Waals surface area (Å²) in [4.78, 5) is 11.2. The van der Waals surface area contributed by atoms with Crippen LogP contribution in [0.5, 0.6) is 0 Å². The zero-order valence-electron chi connectivity index (χ0n) is 18.4. The van der Waals surface area contributed by atoms with E-state index in [0.29, 0.717) is 25.7 Å². The third kappa shape index (κ3) is 16.3. The summed E-state index contributed by atoms with van der Waals surface area (Å²) in [5.74, 6) is 5.47. The van der Waals surface area contributed by atoms with Crippen LogP contribution in [0.2, 0.25) is 39.7 Å². The third-order valence-corrected chi connectivity index (χ3v) is 4.81. The van der Waals surface area contributed by atoms with Gasteiger partial charge in [0.2, 0.25) is 0 Å². The molecular formula is C20H18Cl4K2O3Si. The van der Waals surface area contributed by atoms with Crippen molar-refractivity contribution in [1.82, 2.24) is 0 Å². The minimum atomic E-state index is -1.36. The van der Waals surface area contributed by atoms with Crippen LogP contribution < -0.4 is 108 Å². The first-order valence-corrected chi connectivity index (χ1v) is 12.7. The van der Waals surface area contributed by atoms with E-state index in [9.17, 15) is 0 Å². The first-order chi connectivity index (χ1) is 13.1. The molecule has 150 valence electrons. The number of carbonyl (C=O) groups excluding carboxylic acids is 1. The number of hydrogen-bond acceptors (Lipinski definition) is 3. The minimum Gasteiger partial charge on any atom is -1.00 e. The minimum absolute atomic E-state index is 0. The van der Waals surface area contributed by atoms with E-state index in [1.165, 1.54) is 0 Å². The predicted molar refractivity (Wildman–Crippen MR) is 119 cm³/mol. The van der Waals surface area contributed by atoms with Gasteiger partial charge in [-0.1, -0.05) is 90.0 Å². The molecule has 0 aromatic heterocycles. The molecule has 0 spiro atoms. The van der Waals surface area contributed by atoms with Gasteiger partial charge in [0.15, 0.2) is 0 Å². The van der Waals surface area contributed by atoms with E-state index in [1.54, 1.807) is 18.2 Å². The molecule has 0 N–H and O–H groups in total. The summed E-state index contributed by atoms with van der Waals surface area (Å²) in [5, 5.41) is 10.7. The van der Waals surface area contributed by atoms with Crippen molar-refractivity contribution in [1.29, 1.82) is 0 Å². The molecule has 10 heteroatoms. The van der Waals surface area contributed by atoms with Gasteiger partial charge in [0.05, 0.1) is 31.2 Å². The number of carbonyl (C=O) groups is 1. The van der Waals surface area contributed by atoms with Crippen LogP contribution in [0.25, 0.3) is 0 Å². The third-order valence-electron chi connectivity index (χ3n) is 2.67. The quantitative estimate of drug-likeness (QED) is 0.161. The standard InChI is InChI=1S/C11H12Cl2Si.C8H4Cl2.CH2O3.2K.H/c1-14(2,3)8-7-9-10(12)5-4-6-11(9)13;1-2-6-7(9)4-3-5-8(6)10;2-1-4-3;;;/h4-6H,1-3H3;1,3-5H;1,3H;;;/q;;;2*+1;-1/p-1. The molecule has 0 heterocycles. The Kier molecular flexibility index (Phi) is 24.2. The Morgan fingerprint density at radius 2 is 1.27 bits per heavy atom. The van der Waals surface area contributed by atoms with Gasteiger partial charge in [-0.05, 0) is 24.3 Å². The van der Waals surface area contributed by atoms with Crippen LogP contribution in [0.3, 0.4) is 0 Å². The van der Waals surface area contributed by atoms with Gasteiger partial charge < -0.3 is 11.6 Å². The molecular weight excluding hydrogens is 536 g/mol. The predicted octanol–water partition coefficient (Wildman–Crippen LogP) is -0.248. The van der Waals surface area contributed by atoms with Crippen molar-refractivity contribution < 1.29 is 119 Å². The largest absolute Gasteiger partial charge is 1.00 e. The fourth-order valence-corrected chi connectivity index (χ4v) is 3.00. The molecule has 0 amide bonds. The summed E-state index contributed by atoms with van der Waals surface area (Å²) >= 11 is 23.4. The molecule has 0 aliphatic rings. The number of benzene rings is 2. The first-order valence-electron chi connectivity index (χ1n) is 7.67. The van der Waals surface area contributed by atoms with Gasteiger partial charge in [0.25, 0.3) is 6.47 Å². The van der Waals surface area contributed by atoms with E-state index in [0.717, 1.165) is 5.56 Å². The maximum atomic E-state index is 8.64. The van der Waals surface area contributed by atoms with E-state index in [1.807, 2.05) is 18.2 Å². The Morgan fingerprint density at radius 3 is 1.50 bits per heavy atom. The van der Waals surface area contributed by atoms with Crippen LogP contribution in [0, 0.1) is 23.8 Å². The molecule has 0 fully saturated rings. The van der Waals surface area contributed by atoms with Crippen molar-refractivity contribution in [3.8, 4) is 23.8 Å². The van der Waals surface area contributed by atoms with Gasteiger partial charge in [-0.15, -0.1) is 12.0 Å².